The summed E-state index contributed by atoms with van der Waals surface area (Å²) in [7, 11) is 3.90. The maximum absolute atomic E-state index is 11.7. The molecular formula is C12H15N3OS. The Bertz CT molecular complexity index is 521. The van der Waals surface area contributed by atoms with Gasteiger partial charge in [-0.05, 0) is 37.8 Å². The Kier molecular flexibility index (Phi) is 3.71. The summed E-state index contributed by atoms with van der Waals surface area (Å²) in [6.45, 7) is 0.744. The standard InChI is InChI=1S/C12H15N3OS/c1-15(2)8-7-11(16)13-12-9-5-3-4-6-10(9)17-14-12/h3-6H,7-8H2,1-2H3,(H,13,14,16). The van der Waals surface area contributed by atoms with E-state index in [2.05, 4.69) is 9.69 Å². The van der Waals surface area contributed by atoms with Crippen LogP contribution in [0.4, 0.5) is 5.82 Å². The molecule has 0 bridgehead atoms. The largest absolute Gasteiger partial charge is 0.309 e. The minimum Gasteiger partial charge on any atom is -0.309 e. The first kappa shape index (κ1) is 12.0. The van der Waals surface area contributed by atoms with Crippen LogP contribution in [0.2, 0.25) is 0 Å². The van der Waals surface area contributed by atoms with Crippen LogP contribution in [0.3, 0.4) is 0 Å². The van der Waals surface area contributed by atoms with Crippen LogP contribution < -0.4 is 5.32 Å². The van der Waals surface area contributed by atoms with Crippen molar-refractivity contribution >= 4 is 33.3 Å². The van der Waals surface area contributed by atoms with Gasteiger partial charge in [0, 0.05) is 18.4 Å². The van der Waals surface area contributed by atoms with Crippen molar-refractivity contribution in [3.8, 4) is 0 Å². The molecule has 1 N–H and O–H groups in total. The maximum atomic E-state index is 11.7. The average Bonchev–Trinajstić information content (AvgIpc) is 2.70. The second kappa shape index (κ2) is 5.25. The van der Waals surface area contributed by atoms with Gasteiger partial charge in [0.15, 0.2) is 5.82 Å². The molecule has 1 aromatic heterocycles. The molecule has 0 aliphatic carbocycles. The van der Waals surface area contributed by atoms with Crippen molar-refractivity contribution in [3.63, 3.8) is 0 Å². The predicted molar refractivity (Wildman–Crippen MR) is 71.4 cm³/mol. The van der Waals surface area contributed by atoms with Gasteiger partial charge >= 0.3 is 0 Å². The highest BCUT2D eigenvalue weighted by molar-refractivity contribution is 7.13. The molecule has 0 saturated carbocycles. The fourth-order valence-electron chi connectivity index (χ4n) is 1.50. The molecule has 4 nitrogen and oxygen atoms in total. The molecule has 1 aromatic carbocycles. The van der Waals surface area contributed by atoms with E-state index >= 15 is 0 Å². The Balaban J connectivity index is 2.06. The summed E-state index contributed by atoms with van der Waals surface area (Å²) in [4.78, 5) is 13.7. The molecule has 0 fully saturated rings. The van der Waals surface area contributed by atoms with E-state index in [0.29, 0.717) is 12.2 Å². The van der Waals surface area contributed by atoms with E-state index in [0.717, 1.165) is 16.6 Å². The Hall–Kier alpha value is -1.46. The number of benzene rings is 1. The minimum atomic E-state index is 0.00903. The number of fused-ring (bicyclic) bond motifs is 1. The third-order valence-corrected chi connectivity index (χ3v) is 3.25. The number of amides is 1. The number of rotatable bonds is 4. The molecule has 1 amide bonds. The van der Waals surface area contributed by atoms with E-state index in [1.54, 1.807) is 0 Å². The Labute approximate surface area is 104 Å². The van der Waals surface area contributed by atoms with E-state index in [1.807, 2.05) is 43.3 Å². The normalized spacial score (nSPS) is 11.0. The van der Waals surface area contributed by atoms with Crippen LogP contribution in [0.1, 0.15) is 6.42 Å². The fraction of sp³-hybridized carbons (Fsp3) is 0.333. The van der Waals surface area contributed by atoms with Crippen molar-refractivity contribution in [3.05, 3.63) is 24.3 Å². The summed E-state index contributed by atoms with van der Waals surface area (Å²) in [5.74, 6) is 0.684. The second-order valence-corrected chi connectivity index (χ2v) is 4.93. The number of anilines is 1. The monoisotopic (exact) mass is 249 g/mol. The van der Waals surface area contributed by atoms with Gasteiger partial charge in [0.2, 0.25) is 5.91 Å². The quantitative estimate of drug-likeness (QED) is 0.903. The lowest BCUT2D eigenvalue weighted by atomic mass is 10.2. The number of carbonyl (C=O) groups excluding carboxylic acids is 1. The minimum absolute atomic E-state index is 0.00903. The van der Waals surface area contributed by atoms with Crippen LogP contribution in [0.25, 0.3) is 10.1 Å². The van der Waals surface area contributed by atoms with Gasteiger partial charge in [0.05, 0.1) is 4.70 Å². The third-order valence-electron chi connectivity index (χ3n) is 2.42. The molecule has 1 heterocycles. The van der Waals surface area contributed by atoms with Crippen molar-refractivity contribution in [2.45, 2.75) is 6.42 Å². The lowest BCUT2D eigenvalue weighted by Crippen LogP contribution is -2.20. The lowest BCUT2D eigenvalue weighted by Gasteiger charge is -2.08. The summed E-state index contributed by atoms with van der Waals surface area (Å²) < 4.78 is 5.35. The smallest absolute Gasteiger partial charge is 0.226 e. The fourth-order valence-corrected chi connectivity index (χ4v) is 2.23. The van der Waals surface area contributed by atoms with Crippen LogP contribution in [-0.2, 0) is 4.79 Å². The number of hydrogen-bond acceptors (Lipinski definition) is 4. The highest BCUT2D eigenvalue weighted by Crippen LogP contribution is 2.26. The van der Waals surface area contributed by atoms with Crippen molar-refractivity contribution in [2.75, 3.05) is 26.0 Å². The molecule has 0 atom stereocenters. The van der Waals surface area contributed by atoms with Crippen molar-refractivity contribution < 1.29 is 4.79 Å². The predicted octanol–water partition coefficient (Wildman–Crippen LogP) is 2.19. The molecule has 0 spiro atoms. The van der Waals surface area contributed by atoms with Gasteiger partial charge in [0.1, 0.15) is 0 Å². The van der Waals surface area contributed by atoms with E-state index in [4.69, 9.17) is 0 Å². The summed E-state index contributed by atoms with van der Waals surface area (Å²) in [5, 5.41) is 3.86. The number of aromatic nitrogens is 1. The first-order chi connectivity index (χ1) is 8.16. The van der Waals surface area contributed by atoms with Crippen LogP contribution >= 0.6 is 11.5 Å². The van der Waals surface area contributed by atoms with Gasteiger partial charge in [-0.15, -0.1) is 0 Å². The molecular weight excluding hydrogens is 234 g/mol. The van der Waals surface area contributed by atoms with E-state index in [-0.39, 0.29) is 5.91 Å². The topological polar surface area (TPSA) is 45.2 Å². The Morgan fingerprint density at radius 3 is 2.94 bits per heavy atom. The zero-order valence-corrected chi connectivity index (χ0v) is 10.8. The lowest BCUT2D eigenvalue weighted by molar-refractivity contribution is -0.116. The highest BCUT2D eigenvalue weighted by Gasteiger charge is 2.09. The Morgan fingerprint density at radius 2 is 2.18 bits per heavy atom. The van der Waals surface area contributed by atoms with Crippen LogP contribution in [0.5, 0.6) is 0 Å². The van der Waals surface area contributed by atoms with Gasteiger partial charge in [-0.25, -0.2) is 0 Å². The van der Waals surface area contributed by atoms with Gasteiger partial charge in [0.25, 0.3) is 0 Å². The molecule has 2 rings (SSSR count). The van der Waals surface area contributed by atoms with Crippen LogP contribution in [-0.4, -0.2) is 35.8 Å². The first-order valence-corrected chi connectivity index (χ1v) is 6.23. The van der Waals surface area contributed by atoms with Gasteiger partial charge < -0.3 is 10.2 Å². The summed E-state index contributed by atoms with van der Waals surface area (Å²) in [5.41, 5.74) is 0. The van der Waals surface area contributed by atoms with Crippen molar-refractivity contribution in [1.29, 1.82) is 0 Å². The van der Waals surface area contributed by atoms with Crippen molar-refractivity contribution in [1.82, 2.24) is 9.27 Å². The second-order valence-electron chi connectivity index (χ2n) is 4.13. The first-order valence-electron chi connectivity index (χ1n) is 5.46. The zero-order valence-electron chi connectivity index (χ0n) is 9.93. The molecule has 90 valence electrons. The number of hydrogen-bond donors (Lipinski definition) is 1. The van der Waals surface area contributed by atoms with Crippen molar-refractivity contribution in [2.24, 2.45) is 0 Å². The Morgan fingerprint density at radius 1 is 1.41 bits per heavy atom. The SMILES string of the molecule is CN(C)CCC(=O)Nc1nsc2ccccc12. The number of carbonyl (C=O) groups is 1. The zero-order chi connectivity index (χ0) is 12.3. The molecule has 5 heteroatoms. The molecule has 2 aromatic rings. The van der Waals surface area contributed by atoms with E-state index in [9.17, 15) is 4.79 Å². The summed E-state index contributed by atoms with van der Waals surface area (Å²) in [6.07, 6.45) is 0.485. The third kappa shape index (κ3) is 3.01. The summed E-state index contributed by atoms with van der Waals surface area (Å²) >= 11 is 1.41. The highest BCUT2D eigenvalue weighted by atomic mass is 32.1. The number of nitrogens with zero attached hydrogens (tertiary/aromatic N) is 2. The molecule has 0 saturated heterocycles. The van der Waals surface area contributed by atoms with E-state index in [1.165, 1.54) is 11.5 Å². The average molecular weight is 249 g/mol. The molecule has 17 heavy (non-hydrogen) atoms. The molecule has 0 aliphatic heterocycles. The van der Waals surface area contributed by atoms with Gasteiger partial charge in [-0.1, -0.05) is 12.1 Å². The molecule has 0 unspecified atom stereocenters. The number of nitrogens with one attached hydrogen (secondary N) is 1. The van der Waals surface area contributed by atoms with Gasteiger partial charge in [-0.3, -0.25) is 4.79 Å². The van der Waals surface area contributed by atoms with Crippen LogP contribution in [0, 0.1) is 0 Å². The molecule has 0 aliphatic rings. The van der Waals surface area contributed by atoms with E-state index < -0.39 is 0 Å². The van der Waals surface area contributed by atoms with Crippen LogP contribution in [0.15, 0.2) is 24.3 Å². The molecule has 0 radical (unpaired) electrons. The summed E-state index contributed by atoms with van der Waals surface area (Å²) in [6, 6.07) is 7.90. The van der Waals surface area contributed by atoms with Gasteiger partial charge in [-0.2, -0.15) is 4.37 Å². The maximum Gasteiger partial charge on any atom is 0.226 e.